The van der Waals surface area contributed by atoms with E-state index in [1.807, 2.05) is 12.2 Å². The van der Waals surface area contributed by atoms with Gasteiger partial charge in [0.25, 0.3) is 0 Å². The quantitative estimate of drug-likeness (QED) is 0.452. The minimum absolute atomic E-state index is 0. The van der Waals surface area contributed by atoms with E-state index in [1.54, 1.807) is 13.3 Å². The summed E-state index contributed by atoms with van der Waals surface area (Å²) in [6, 6.07) is 0. The Morgan fingerprint density at radius 3 is 3.08 bits per heavy atom. The lowest BCUT2D eigenvalue weighted by molar-refractivity contribution is 0.215. The van der Waals surface area contributed by atoms with Crippen LogP contribution in [0.1, 0.15) is 6.92 Å². The number of hydrogen-bond donors (Lipinski definition) is 0. The van der Waals surface area contributed by atoms with Gasteiger partial charge in [0.15, 0.2) is 0 Å². The lowest BCUT2D eigenvalue weighted by Gasteiger charge is -2.20. The first-order valence-corrected chi connectivity index (χ1v) is 4.04. The Balaban J connectivity index is 0.00000144. The van der Waals surface area contributed by atoms with E-state index in [2.05, 4.69) is 28.0 Å². The first-order valence-electron chi connectivity index (χ1n) is 4.04. The van der Waals surface area contributed by atoms with Crippen LogP contribution in [0.25, 0.3) is 0 Å². The first kappa shape index (κ1) is 12.5. The van der Waals surface area contributed by atoms with E-state index in [0.29, 0.717) is 0 Å². The fourth-order valence-electron chi connectivity index (χ4n) is 1.05. The summed E-state index contributed by atoms with van der Waals surface area (Å²) in [4.78, 5) is 6.80. The van der Waals surface area contributed by atoms with Crippen molar-refractivity contribution >= 4 is 30.2 Å². The van der Waals surface area contributed by atoms with E-state index >= 15 is 0 Å². The smallest absolute Gasteiger partial charge is 0.106 e. The highest BCUT2D eigenvalue weighted by Crippen LogP contribution is 2.04. The molecule has 1 aliphatic rings. The number of nitrogens with zero attached hydrogens (tertiary/aromatic N) is 2. The summed E-state index contributed by atoms with van der Waals surface area (Å²) in [7, 11) is 1.55. The van der Waals surface area contributed by atoms with Crippen molar-refractivity contribution in [2.75, 3.05) is 20.2 Å². The van der Waals surface area contributed by atoms with E-state index in [-0.39, 0.29) is 24.0 Å². The molecule has 0 radical (unpaired) electrons. The Bertz CT molecular complexity index is 224. The highest BCUT2D eigenvalue weighted by atomic mass is 127. The van der Waals surface area contributed by atoms with Gasteiger partial charge in [0.2, 0.25) is 0 Å². The average molecular weight is 294 g/mol. The molecule has 4 heteroatoms. The molecule has 0 bridgehead atoms. The second kappa shape index (κ2) is 6.94. The number of oxime groups is 1. The summed E-state index contributed by atoms with van der Waals surface area (Å²) in [6.07, 6.45) is 7.87. The second-order valence-electron chi connectivity index (χ2n) is 2.56. The zero-order valence-corrected chi connectivity index (χ0v) is 10.3. The lowest BCUT2D eigenvalue weighted by Crippen LogP contribution is -2.21. The van der Waals surface area contributed by atoms with E-state index in [1.165, 1.54) is 5.57 Å². The van der Waals surface area contributed by atoms with Crippen molar-refractivity contribution in [3.05, 3.63) is 23.9 Å². The Morgan fingerprint density at radius 1 is 1.69 bits per heavy atom. The number of hydrogen-bond acceptors (Lipinski definition) is 3. The third-order valence-corrected chi connectivity index (χ3v) is 1.72. The fourth-order valence-corrected chi connectivity index (χ4v) is 1.05. The monoisotopic (exact) mass is 294 g/mol. The van der Waals surface area contributed by atoms with Crippen molar-refractivity contribution < 1.29 is 4.84 Å². The minimum atomic E-state index is 0. The molecule has 13 heavy (non-hydrogen) atoms. The van der Waals surface area contributed by atoms with Crippen LogP contribution in [0.4, 0.5) is 0 Å². The molecule has 0 aromatic rings. The van der Waals surface area contributed by atoms with Crippen LogP contribution in [0.3, 0.4) is 0 Å². The molecular weight excluding hydrogens is 279 g/mol. The molecule has 0 unspecified atom stereocenters. The standard InChI is InChI=1S/C9H14N2O.HI/c1-3-11-6-4-5-9(8-11)7-10-12-2;/h4-7H,3,8H2,1-2H3;1H/b10-7+;. The summed E-state index contributed by atoms with van der Waals surface area (Å²) in [5, 5.41) is 3.71. The number of allylic oxidation sites excluding steroid dienone is 2. The van der Waals surface area contributed by atoms with Crippen molar-refractivity contribution in [2.24, 2.45) is 5.16 Å². The Hall–Kier alpha value is -0.520. The summed E-state index contributed by atoms with van der Waals surface area (Å²) < 4.78 is 0. The van der Waals surface area contributed by atoms with Crippen LogP contribution in [0, 0.1) is 0 Å². The average Bonchev–Trinajstić information content (AvgIpc) is 2.15. The molecular formula is C9H15IN2O. The number of rotatable bonds is 3. The van der Waals surface area contributed by atoms with Gasteiger partial charge in [-0.05, 0) is 24.8 Å². The van der Waals surface area contributed by atoms with Crippen LogP contribution < -0.4 is 0 Å². The molecule has 1 heterocycles. The molecule has 0 spiro atoms. The van der Waals surface area contributed by atoms with E-state index in [4.69, 9.17) is 0 Å². The summed E-state index contributed by atoms with van der Waals surface area (Å²) in [5.41, 5.74) is 1.17. The zero-order chi connectivity index (χ0) is 8.81. The number of likely N-dealkylation sites (N-methyl/N-ethyl adjacent to an activating group) is 1. The van der Waals surface area contributed by atoms with Gasteiger partial charge in [0, 0.05) is 13.1 Å². The van der Waals surface area contributed by atoms with Crippen molar-refractivity contribution in [3.63, 3.8) is 0 Å². The van der Waals surface area contributed by atoms with E-state index in [9.17, 15) is 0 Å². The van der Waals surface area contributed by atoms with E-state index in [0.717, 1.165) is 13.1 Å². The molecule has 0 atom stereocenters. The lowest BCUT2D eigenvalue weighted by atomic mass is 10.2. The van der Waals surface area contributed by atoms with Gasteiger partial charge < -0.3 is 9.74 Å². The molecule has 3 nitrogen and oxygen atoms in total. The second-order valence-corrected chi connectivity index (χ2v) is 2.56. The molecule has 0 saturated heterocycles. The molecule has 0 fully saturated rings. The molecule has 0 aliphatic carbocycles. The largest absolute Gasteiger partial charge is 0.399 e. The van der Waals surface area contributed by atoms with Crippen molar-refractivity contribution in [2.45, 2.75) is 6.92 Å². The SMILES string of the molecule is CCN1C=CC=C(/C=N/OC)C1.I. The molecule has 0 amide bonds. The number of halogens is 1. The van der Waals surface area contributed by atoms with Crippen molar-refractivity contribution in [1.82, 2.24) is 4.90 Å². The topological polar surface area (TPSA) is 24.8 Å². The van der Waals surface area contributed by atoms with Gasteiger partial charge in [0.1, 0.15) is 7.11 Å². The molecule has 0 N–H and O–H groups in total. The van der Waals surface area contributed by atoms with Gasteiger partial charge in [-0.25, -0.2) is 0 Å². The third kappa shape index (κ3) is 4.31. The predicted molar refractivity (Wildman–Crippen MR) is 65.4 cm³/mol. The summed E-state index contributed by atoms with van der Waals surface area (Å²) in [6.45, 7) is 4.06. The summed E-state index contributed by atoms with van der Waals surface area (Å²) >= 11 is 0. The first-order chi connectivity index (χ1) is 5.86. The van der Waals surface area contributed by atoms with Gasteiger partial charge in [0.05, 0.1) is 6.21 Å². The maximum Gasteiger partial charge on any atom is 0.106 e. The highest BCUT2D eigenvalue weighted by Gasteiger charge is 2.02. The van der Waals surface area contributed by atoms with E-state index < -0.39 is 0 Å². The summed E-state index contributed by atoms with van der Waals surface area (Å²) in [5.74, 6) is 0. The third-order valence-electron chi connectivity index (χ3n) is 1.72. The molecule has 0 aromatic carbocycles. The van der Waals surface area contributed by atoms with Crippen molar-refractivity contribution in [1.29, 1.82) is 0 Å². The molecule has 0 aromatic heterocycles. The van der Waals surface area contributed by atoms with Crippen LogP contribution in [0.2, 0.25) is 0 Å². The van der Waals surface area contributed by atoms with Gasteiger partial charge in [-0.3, -0.25) is 0 Å². The minimum Gasteiger partial charge on any atom is -0.399 e. The Kier molecular flexibility index (Phi) is 6.66. The van der Waals surface area contributed by atoms with Crippen LogP contribution in [0.5, 0.6) is 0 Å². The van der Waals surface area contributed by atoms with Gasteiger partial charge >= 0.3 is 0 Å². The van der Waals surface area contributed by atoms with Crippen LogP contribution in [-0.4, -0.2) is 31.3 Å². The molecule has 0 saturated carbocycles. The van der Waals surface area contributed by atoms with Crippen molar-refractivity contribution in [3.8, 4) is 0 Å². The van der Waals surface area contributed by atoms with Gasteiger partial charge in [-0.2, -0.15) is 0 Å². The Labute approximate surface area is 96.1 Å². The molecule has 1 aliphatic heterocycles. The molecule has 74 valence electrons. The van der Waals surface area contributed by atoms with Gasteiger partial charge in [-0.1, -0.05) is 11.2 Å². The fraction of sp³-hybridized carbons (Fsp3) is 0.444. The van der Waals surface area contributed by atoms with Crippen LogP contribution in [0.15, 0.2) is 29.1 Å². The maximum absolute atomic E-state index is 4.60. The maximum atomic E-state index is 4.60. The normalized spacial score (nSPS) is 15.5. The predicted octanol–water partition coefficient (Wildman–Crippen LogP) is 2.01. The Morgan fingerprint density at radius 2 is 2.46 bits per heavy atom. The zero-order valence-electron chi connectivity index (χ0n) is 7.93. The van der Waals surface area contributed by atoms with Gasteiger partial charge in [-0.15, -0.1) is 24.0 Å². The highest BCUT2D eigenvalue weighted by molar-refractivity contribution is 14.0. The van der Waals surface area contributed by atoms with Crippen LogP contribution in [-0.2, 0) is 4.84 Å². The van der Waals surface area contributed by atoms with Crippen LogP contribution >= 0.6 is 24.0 Å². The molecule has 1 rings (SSSR count).